The molecule has 0 amide bonds. The van der Waals surface area contributed by atoms with Crippen LogP contribution in [0.15, 0.2) is 36.5 Å². The van der Waals surface area contributed by atoms with E-state index in [4.69, 9.17) is 11.6 Å². The summed E-state index contributed by atoms with van der Waals surface area (Å²) < 4.78 is 13.4. The highest BCUT2D eigenvalue weighted by atomic mass is 35.5. The fourth-order valence-electron chi connectivity index (χ4n) is 2.33. The number of aryl methyl sites for hydroxylation is 1. The first kappa shape index (κ1) is 15.9. The Morgan fingerprint density at radius 1 is 1.29 bits per heavy atom. The van der Waals surface area contributed by atoms with E-state index in [0.29, 0.717) is 11.4 Å². The van der Waals surface area contributed by atoms with Crippen LogP contribution in [0.25, 0.3) is 0 Å². The Bertz CT molecular complexity index is 601. The Kier molecular flexibility index (Phi) is 5.71. The Labute approximate surface area is 130 Å². The molecule has 0 saturated carbocycles. The van der Waals surface area contributed by atoms with E-state index in [1.165, 1.54) is 12.1 Å². The van der Waals surface area contributed by atoms with Gasteiger partial charge in [0.05, 0.1) is 0 Å². The molecule has 0 radical (unpaired) electrons. The molecule has 112 valence electrons. The van der Waals surface area contributed by atoms with Crippen molar-refractivity contribution in [2.75, 3.05) is 6.54 Å². The van der Waals surface area contributed by atoms with E-state index in [-0.39, 0.29) is 11.9 Å². The maximum absolute atomic E-state index is 13.4. The van der Waals surface area contributed by atoms with Crippen LogP contribution in [0, 0.1) is 12.7 Å². The molecule has 2 aromatic rings. The van der Waals surface area contributed by atoms with Crippen LogP contribution in [-0.2, 0) is 6.42 Å². The minimum atomic E-state index is -0.255. The van der Waals surface area contributed by atoms with Crippen LogP contribution in [0.1, 0.15) is 36.2 Å². The third-order valence-corrected chi connectivity index (χ3v) is 3.76. The zero-order valence-electron chi connectivity index (χ0n) is 12.4. The lowest BCUT2D eigenvalue weighted by Crippen LogP contribution is -2.24. The summed E-state index contributed by atoms with van der Waals surface area (Å²) in [6.45, 7) is 4.99. The monoisotopic (exact) mass is 306 g/mol. The number of hydrogen-bond donors (Lipinski definition) is 1. The van der Waals surface area contributed by atoms with Crippen molar-refractivity contribution in [2.24, 2.45) is 0 Å². The van der Waals surface area contributed by atoms with Crippen molar-refractivity contribution >= 4 is 11.6 Å². The minimum Gasteiger partial charge on any atom is -0.310 e. The molecule has 0 bridgehead atoms. The molecule has 2 rings (SSSR count). The van der Waals surface area contributed by atoms with Gasteiger partial charge in [0.1, 0.15) is 5.82 Å². The average Bonchev–Trinajstić information content (AvgIpc) is 2.47. The van der Waals surface area contributed by atoms with Crippen molar-refractivity contribution in [3.63, 3.8) is 0 Å². The smallest absolute Gasteiger partial charge is 0.123 e. The normalized spacial score (nSPS) is 12.4. The highest BCUT2D eigenvalue weighted by Gasteiger charge is 2.14. The standard InChI is InChI=1S/C17H20ClFN2/c1-3-7-21-17(13-6-8-20-12(2)9-13)11-14-10-15(19)4-5-16(14)18/h4-6,8-10,17,21H,3,7,11H2,1-2H3. The van der Waals surface area contributed by atoms with Gasteiger partial charge < -0.3 is 5.32 Å². The quantitative estimate of drug-likeness (QED) is 0.852. The Morgan fingerprint density at radius 2 is 2.10 bits per heavy atom. The maximum atomic E-state index is 13.4. The highest BCUT2D eigenvalue weighted by molar-refractivity contribution is 6.31. The molecule has 0 aliphatic heterocycles. The van der Waals surface area contributed by atoms with E-state index in [9.17, 15) is 4.39 Å². The van der Waals surface area contributed by atoms with Gasteiger partial charge in [-0.25, -0.2) is 4.39 Å². The predicted molar refractivity (Wildman–Crippen MR) is 85.1 cm³/mol. The largest absolute Gasteiger partial charge is 0.310 e. The van der Waals surface area contributed by atoms with Crippen molar-refractivity contribution in [1.29, 1.82) is 0 Å². The van der Waals surface area contributed by atoms with Gasteiger partial charge in [-0.1, -0.05) is 18.5 Å². The molecular weight excluding hydrogens is 287 g/mol. The predicted octanol–water partition coefficient (Wildman–Crippen LogP) is 4.47. The summed E-state index contributed by atoms with van der Waals surface area (Å²) in [6, 6.07) is 8.66. The fraction of sp³-hybridized carbons (Fsp3) is 0.353. The minimum absolute atomic E-state index is 0.103. The van der Waals surface area contributed by atoms with Gasteiger partial charge >= 0.3 is 0 Å². The highest BCUT2D eigenvalue weighted by Crippen LogP contribution is 2.24. The molecule has 1 N–H and O–H groups in total. The van der Waals surface area contributed by atoms with Crippen molar-refractivity contribution in [1.82, 2.24) is 10.3 Å². The van der Waals surface area contributed by atoms with Crippen LogP contribution in [-0.4, -0.2) is 11.5 Å². The number of nitrogens with zero attached hydrogens (tertiary/aromatic N) is 1. The lowest BCUT2D eigenvalue weighted by molar-refractivity contribution is 0.526. The van der Waals surface area contributed by atoms with Crippen LogP contribution in [0.2, 0.25) is 5.02 Å². The van der Waals surface area contributed by atoms with Gasteiger partial charge in [0.15, 0.2) is 0 Å². The molecule has 0 fully saturated rings. The van der Waals surface area contributed by atoms with Crippen LogP contribution in [0.4, 0.5) is 4.39 Å². The number of halogens is 2. The average molecular weight is 307 g/mol. The number of benzene rings is 1. The second-order valence-corrected chi connectivity index (χ2v) is 5.58. The molecule has 1 atom stereocenters. The number of nitrogens with one attached hydrogen (secondary N) is 1. The lowest BCUT2D eigenvalue weighted by Gasteiger charge is -2.20. The fourth-order valence-corrected chi connectivity index (χ4v) is 2.53. The van der Waals surface area contributed by atoms with Gasteiger partial charge in [-0.3, -0.25) is 4.98 Å². The molecule has 0 spiro atoms. The van der Waals surface area contributed by atoms with Crippen LogP contribution < -0.4 is 5.32 Å². The van der Waals surface area contributed by atoms with Crippen LogP contribution in [0.3, 0.4) is 0 Å². The summed E-state index contributed by atoms with van der Waals surface area (Å²) in [7, 11) is 0. The summed E-state index contributed by atoms with van der Waals surface area (Å²) >= 11 is 6.19. The van der Waals surface area contributed by atoms with E-state index in [1.807, 2.05) is 13.0 Å². The maximum Gasteiger partial charge on any atom is 0.123 e. The second kappa shape index (κ2) is 7.53. The van der Waals surface area contributed by atoms with E-state index in [0.717, 1.165) is 29.8 Å². The molecule has 1 unspecified atom stereocenters. The van der Waals surface area contributed by atoms with Gasteiger partial charge in [-0.05, 0) is 67.8 Å². The molecule has 0 aliphatic carbocycles. The zero-order valence-corrected chi connectivity index (χ0v) is 13.1. The molecule has 0 aliphatic rings. The zero-order chi connectivity index (χ0) is 15.2. The van der Waals surface area contributed by atoms with Crippen molar-refractivity contribution < 1.29 is 4.39 Å². The number of rotatable bonds is 6. The van der Waals surface area contributed by atoms with Gasteiger partial charge in [-0.2, -0.15) is 0 Å². The number of pyridine rings is 1. The molecule has 2 nitrogen and oxygen atoms in total. The topological polar surface area (TPSA) is 24.9 Å². The van der Waals surface area contributed by atoms with Gasteiger partial charge in [-0.15, -0.1) is 0 Å². The number of aromatic nitrogens is 1. The Balaban J connectivity index is 2.25. The number of hydrogen-bond acceptors (Lipinski definition) is 2. The van der Waals surface area contributed by atoms with E-state index < -0.39 is 0 Å². The molecule has 1 aromatic carbocycles. The molecule has 0 saturated heterocycles. The SMILES string of the molecule is CCCNC(Cc1cc(F)ccc1Cl)c1ccnc(C)c1. The first-order valence-corrected chi connectivity index (χ1v) is 7.57. The Morgan fingerprint density at radius 3 is 2.81 bits per heavy atom. The first-order chi connectivity index (χ1) is 10.1. The Hall–Kier alpha value is -1.45. The summed E-state index contributed by atoms with van der Waals surface area (Å²) in [5.41, 5.74) is 2.94. The molecule has 1 heterocycles. The second-order valence-electron chi connectivity index (χ2n) is 5.18. The van der Waals surface area contributed by atoms with Crippen molar-refractivity contribution in [3.05, 3.63) is 64.2 Å². The van der Waals surface area contributed by atoms with Gasteiger partial charge in [0.2, 0.25) is 0 Å². The van der Waals surface area contributed by atoms with E-state index in [1.54, 1.807) is 12.3 Å². The molecule has 21 heavy (non-hydrogen) atoms. The van der Waals surface area contributed by atoms with E-state index in [2.05, 4.69) is 23.3 Å². The molecule has 4 heteroatoms. The third-order valence-electron chi connectivity index (χ3n) is 3.40. The van der Waals surface area contributed by atoms with Gasteiger partial charge in [0, 0.05) is 23.0 Å². The van der Waals surface area contributed by atoms with Crippen molar-refractivity contribution in [2.45, 2.75) is 32.7 Å². The van der Waals surface area contributed by atoms with E-state index >= 15 is 0 Å². The summed E-state index contributed by atoms with van der Waals surface area (Å²) in [5, 5.41) is 4.10. The molecular formula is C17H20ClFN2. The van der Waals surface area contributed by atoms with Gasteiger partial charge in [0.25, 0.3) is 0 Å². The third kappa shape index (κ3) is 4.51. The summed E-state index contributed by atoms with van der Waals surface area (Å²) in [4.78, 5) is 4.23. The summed E-state index contributed by atoms with van der Waals surface area (Å²) in [5.74, 6) is -0.255. The van der Waals surface area contributed by atoms with Crippen LogP contribution in [0.5, 0.6) is 0 Å². The molecule has 1 aromatic heterocycles. The van der Waals surface area contributed by atoms with Crippen LogP contribution >= 0.6 is 11.6 Å². The first-order valence-electron chi connectivity index (χ1n) is 7.20. The summed E-state index contributed by atoms with van der Waals surface area (Å²) in [6.07, 6.45) is 3.50. The van der Waals surface area contributed by atoms with Crippen molar-refractivity contribution in [3.8, 4) is 0 Å². The lowest BCUT2D eigenvalue weighted by atomic mass is 9.98.